The molecule has 3 nitrogen and oxygen atoms in total. The highest BCUT2D eigenvalue weighted by atomic mass is 32.1. The van der Waals surface area contributed by atoms with Gasteiger partial charge in [-0.05, 0) is 29.5 Å². The van der Waals surface area contributed by atoms with Gasteiger partial charge in [-0.25, -0.2) is 4.68 Å². The highest BCUT2D eigenvalue weighted by molar-refractivity contribution is 7.13. The van der Waals surface area contributed by atoms with E-state index in [1.54, 1.807) is 22.1 Å². The largest absolute Gasteiger partial charge is 0.294 e. The standard InChI is InChI=1S/C15H14N2OS/c1-11-5-2-3-6-12(11)10-17-15(18)9-13(16-17)14-7-4-8-19-14/h2-9,16H,10H2,1H3. The quantitative estimate of drug-likeness (QED) is 0.779. The van der Waals surface area contributed by atoms with Crippen LogP contribution in [-0.4, -0.2) is 9.78 Å². The molecule has 3 rings (SSSR count). The molecule has 0 saturated heterocycles. The van der Waals surface area contributed by atoms with Crippen LogP contribution in [-0.2, 0) is 6.54 Å². The number of aryl methyl sites for hydroxylation is 1. The van der Waals surface area contributed by atoms with Crippen LogP contribution in [0, 0.1) is 6.92 Å². The summed E-state index contributed by atoms with van der Waals surface area (Å²) in [4.78, 5) is 13.1. The minimum Gasteiger partial charge on any atom is -0.294 e. The van der Waals surface area contributed by atoms with Crippen molar-refractivity contribution in [1.82, 2.24) is 9.78 Å². The highest BCUT2D eigenvalue weighted by Crippen LogP contribution is 2.21. The van der Waals surface area contributed by atoms with Gasteiger partial charge >= 0.3 is 0 Å². The molecule has 1 N–H and O–H groups in total. The van der Waals surface area contributed by atoms with Gasteiger partial charge in [-0.3, -0.25) is 9.89 Å². The fourth-order valence-electron chi connectivity index (χ4n) is 2.07. The summed E-state index contributed by atoms with van der Waals surface area (Å²) in [5.41, 5.74) is 3.24. The Balaban J connectivity index is 1.95. The highest BCUT2D eigenvalue weighted by Gasteiger charge is 2.07. The number of benzene rings is 1. The van der Waals surface area contributed by atoms with Crippen LogP contribution in [0.2, 0.25) is 0 Å². The first-order chi connectivity index (χ1) is 9.24. The SMILES string of the molecule is Cc1ccccc1Cn1[nH]c(-c2cccs2)cc1=O. The molecule has 0 aliphatic rings. The van der Waals surface area contributed by atoms with Gasteiger partial charge in [-0.1, -0.05) is 30.3 Å². The average Bonchev–Trinajstić information content (AvgIpc) is 3.02. The predicted octanol–water partition coefficient (Wildman–Crippen LogP) is 3.26. The molecule has 0 atom stereocenters. The number of aromatic nitrogens is 2. The second-order valence-electron chi connectivity index (χ2n) is 4.50. The summed E-state index contributed by atoms with van der Waals surface area (Å²) in [6, 6.07) is 13.8. The van der Waals surface area contributed by atoms with E-state index in [4.69, 9.17) is 0 Å². The molecule has 0 amide bonds. The molecule has 0 aliphatic heterocycles. The molecule has 0 fully saturated rings. The van der Waals surface area contributed by atoms with Crippen LogP contribution in [0.1, 0.15) is 11.1 Å². The topological polar surface area (TPSA) is 37.8 Å². The third-order valence-electron chi connectivity index (χ3n) is 3.17. The number of nitrogens with zero attached hydrogens (tertiary/aromatic N) is 1. The smallest absolute Gasteiger partial charge is 0.267 e. The Labute approximate surface area is 115 Å². The predicted molar refractivity (Wildman–Crippen MR) is 78.6 cm³/mol. The van der Waals surface area contributed by atoms with Crippen molar-refractivity contribution in [2.45, 2.75) is 13.5 Å². The van der Waals surface area contributed by atoms with Crippen LogP contribution in [0.25, 0.3) is 10.6 Å². The van der Waals surface area contributed by atoms with Crippen LogP contribution >= 0.6 is 11.3 Å². The molecule has 4 heteroatoms. The fraction of sp³-hybridized carbons (Fsp3) is 0.133. The summed E-state index contributed by atoms with van der Waals surface area (Å²) < 4.78 is 1.65. The van der Waals surface area contributed by atoms with E-state index in [1.807, 2.05) is 35.7 Å². The number of nitrogens with one attached hydrogen (secondary N) is 1. The van der Waals surface area contributed by atoms with E-state index in [9.17, 15) is 4.79 Å². The molecule has 1 aromatic carbocycles. The zero-order valence-electron chi connectivity index (χ0n) is 10.6. The van der Waals surface area contributed by atoms with Crippen molar-refractivity contribution in [3.8, 4) is 10.6 Å². The maximum absolute atomic E-state index is 12.0. The molecule has 0 radical (unpaired) electrons. The van der Waals surface area contributed by atoms with Crippen molar-refractivity contribution in [3.63, 3.8) is 0 Å². The van der Waals surface area contributed by atoms with E-state index in [2.05, 4.69) is 18.1 Å². The van der Waals surface area contributed by atoms with Crippen molar-refractivity contribution in [2.75, 3.05) is 0 Å². The second kappa shape index (κ2) is 4.90. The van der Waals surface area contributed by atoms with Crippen LogP contribution < -0.4 is 5.56 Å². The molecule has 0 saturated carbocycles. The van der Waals surface area contributed by atoms with E-state index in [-0.39, 0.29) is 5.56 Å². The zero-order chi connectivity index (χ0) is 13.2. The molecule has 0 spiro atoms. The maximum Gasteiger partial charge on any atom is 0.267 e. The average molecular weight is 270 g/mol. The second-order valence-corrected chi connectivity index (χ2v) is 5.45. The Kier molecular flexibility index (Phi) is 3.09. The summed E-state index contributed by atoms with van der Waals surface area (Å²) in [6.07, 6.45) is 0. The third kappa shape index (κ3) is 2.39. The molecule has 96 valence electrons. The molecule has 0 bridgehead atoms. The normalized spacial score (nSPS) is 10.8. The van der Waals surface area contributed by atoms with Crippen molar-refractivity contribution < 1.29 is 0 Å². The lowest BCUT2D eigenvalue weighted by molar-refractivity contribution is 0.663. The van der Waals surface area contributed by atoms with E-state index in [1.165, 1.54) is 5.56 Å². The van der Waals surface area contributed by atoms with E-state index in [0.29, 0.717) is 6.54 Å². The first kappa shape index (κ1) is 12.0. The van der Waals surface area contributed by atoms with Crippen molar-refractivity contribution >= 4 is 11.3 Å². The number of rotatable bonds is 3. The van der Waals surface area contributed by atoms with Crippen LogP contribution in [0.4, 0.5) is 0 Å². The summed E-state index contributed by atoms with van der Waals surface area (Å²) in [5.74, 6) is 0. The van der Waals surface area contributed by atoms with Gasteiger partial charge in [0.25, 0.3) is 5.56 Å². The van der Waals surface area contributed by atoms with Crippen molar-refractivity contribution in [3.05, 3.63) is 69.3 Å². The molecule has 19 heavy (non-hydrogen) atoms. The number of H-pyrrole nitrogens is 1. The van der Waals surface area contributed by atoms with E-state index in [0.717, 1.165) is 16.1 Å². The Bertz CT molecular complexity index is 738. The minimum absolute atomic E-state index is 0.00616. The Hall–Kier alpha value is -2.07. The van der Waals surface area contributed by atoms with Crippen LogP contribution in [0.3, 0.4) is 0 Å². The molecule has 2 aromatic heterocycles. The van der Waals surface area contributed by atoms with Gasteiger partial charge in [-0.2, -0.15) is 0 Å². The molecular weight excluding hydrogens is 256 g/mol. The lowest BCUT2D eigenvalue weighted by Crippen LogP contribution is -2.17. The van der Waals surface area contributed by atoms with Gasteiger partial charge in [0, 0.05) is 6.07 Å². The first-order valence-corrected chi connectivity index (χ1v) is 7.00. The van der Waals surface area contributed by atoms with Gasteiger partial charge < -0.3 is 0 Å². The molecule has 0 aliphatic carbocycles. The maximum atomic E-state index is 12.0. The lowest BCUT2D eigenvalue weighted by atomic mass is 10.1. The minimum atomic E-state index is 0.00616. The number of aromatic amines is 1. The van der Waals surface area contributed by atoms with Gasteiger partial charge in [-0.15, -0.1) is 11.3 Å². The number of hydrogen-bond donors (Lipinski definition) is 1. The number of hydrogen-bond acceptors (Lipinski definition) is 2. The summed E-state index contributed by atoms with van der Waals surface area (Å²) in [5, 5.41) is 5.18. The van der Waals surface area contributed by atoms with E-state index < -0.39 is 0 Å². The van der Waals surface area contributed by atoms with Crippen molar-refractivity contribution in [2.24, 2.45) is 0 Å². The van der Waals surface area contributed by atoms with Crippen LogP contribution in [0.5, 0.6) is 0 Å². The van der Waals surface area contributed by atoms with Gasteiger partial charge in [0.05, 0.1) is 17.1 Å². The summed E-state index contributed by atoms with van der Waals surface area (Å²) in [7, 11) is 0. The summed E-state index contributed by atoms with van der Waals surface area (Å²) >= 11 is 1.62. The Morgan fingerprint density at radius 1 is 1.21 bits per heavy atom. The zero-order valence-corrected chi connectivity index (χ0v) is 11.4. The number of thiophene rings is 1. The fourth-order valence-corrected chi connectivity index (χ4v) is 2.76. The lowest BCUT2D eigenvalue weighted by Gasteiger charge is -2.05. The monoisotopic (exact) mass is 270 g/mol. The summed E-state index contributed by atoms with van der Waals surface area (Å²) in [6.45, 7) is 2.64. The van der Waals surface area contributed by atoms with Crippen molar-refractivity contribution in [1.29, 1.82) is 0 Å². The van der Waals surface area contributed by atoms with Gasteiger partial charge in [0.2, 0.25) is 0 Å². The first-order valence-electron chi connectivity index (χ1n) is 6.12. The van der Waals surface area contributed by atoms with E-state index >= 15 is 0 Å². The van der Waals surface area contributed by atoms with Gasteiger partial charge in [0.1, 0.15) is 0 Å². The Morgan fingerprint density at radius 3 is 2.79 bits per heavy atom. The van der Waals surface area contributed by atoms with Gasteiger partial charge in [0.15, 0.2) is 0 Å². The molecule has 3 aromatic rings. The third-order valence-corrected chi connectivity index (χ3v) is 4.07. The molecule has 0 unspecified atom stereocenters. The molecule has 2 heterocycles. The van der Waals surface area contributed by atoms with Crippen LogP contribution in [0.15, 0.2) is 52.6 Å². The Morgan fingerprint density at radius 2 is 2.05 bits per heavy atom. The molecular formula is C15H14N2OS.